The average Bonchev–Trinajstić information content (AvgIpc) is 2.30. The number of ketones is 1. The number of carbonyl (C=O) groups excluding carboxylic acids is 1. The molecule has 0 radical (unpaired) electrons. The van der Waals surface area contributed by atoms with E-state index in [1.54, 1.807) is 25.3 Å². The lowest BCUT2D eigenvalue weighted by molar-refractivity contribution is 0.0953. The van der Waals surface area contributed by atoms with Crippen LogP contribution in [0, 0.1) is 6.92 Å². The summed E-state index contributed by atoms with van der Waals surface area (Å²) in [5.41, 5.74) is 1.05. The van der Waals surface area contributed by atoms with Crippen molar-refractivity contribution >= 4 is 16.6 Å². The van der Waals surface area contributed by atoms with Crippen molar-refractivity contribution in [3.8, 4) is 5.75 Å². The van der Waals surface area contributed by atoms with Crippen molar-refractivity contribution < 1.29 is 15.0 Å². The van der Waals surface area contributed by atoms with E-state index in [4.69, 9.17) is 5.11 Å². The van der Waals surface area contributed by atoms with E-state index < -0.39 is 0 Å². The van der Waals surface area contributed by atoms with E-state index in [9.17, 15) is 9.90 Å². The van der Waals surface area contributed by atoms with Crippen molar-refractivity contribution in [2.75, 3.05) is 6.61 Å². The largest absolute Gasteiger partial charge is 0.508 e. The minimum atomic E-state index is -0.221. The predicted octanol–water partition coefficient (Wildman–Crippen LogP) is 1.81. The van der Waals surface area contributed by atoms with Crippen molar-refractivity contribution in [1.29, 1.82) is 0 Å². The number of aliphatic hydroxyl groups is 1. The molecule has 17 heavy (non-hydrogen) atoms. The number of benzene rings is 1. The van der Waals surface area contributed by atoms with Crippen LogP contribution >= 0.6 is 0 Å². The van der Waals surface area contributed by atoms with Crippen molar-refractivity contribution in [2.24, 2.45) is 0 Å². The lowest BCUT2D eigenvalue weighted by atomic mass is 10.0. The minimum absolute atomic E-state index is 0.0424. The molecule has 0 spiro atoms. The molecular formula is C13H13NO3. The Morgan fingerprint density at radius 3 is 2.88 bits per heavy atom. The van der Waals surface area contributed by atoms with Gasteiger partial charge in [0.25, 0.3) is 0 Å². The molecular weight excluding hydrogens is 218 g/mol. The van der Waals surface area contributed by atoms with Crippen LogP contribution in [0.1, 0.15) is 22.5 Å². The predicted molar refractivity (Wildman–Crippen MR) is 64.2 cm³/mol. The van der Waals surface area contributed by atoms with E-state index >= 15 is 0 Å². The Morgan fingerprint density at radius 2 is 2.18 bits per heavy atom. The van der Waals surface area contributed by atoms with Gasteiger partial charge in [0, 0.05) is 18.0 Å². The second kappa shape index (κ2) is 4.51. The van der Waals surface area contributed by atoms with Gasteiger partial charge in [0.05, 0.1) is 6.61 Å². The third-order valence-corrected chi connectivity index (χ3v) is 2.68. The Labute approximate surface area is 98.5 Å². The van der Waals surface area contributed by atoms with Gasteiger partial charge in [0.2, 0.25) is 0 Å². The highest BCUT2D eigenvalue weighted by Crippen LogP contribution is 2.26. The van der Waals surface area contributed by atoms with Crippen molar-refractivity contribution in [1.82, 2.24) is 4.98 Å². The molecule has 1 heterocycles. The zero-order chi connectivity index (χ0) is 12.4. The summed E-state index contributed by atoms with van der Waals surface area (Å²) in [5.74, 6) is -0.0788. The van der Waals surface area contributed by atoms with Crippen molar-refractivity contribution in [3.63, 3.8) is 0 Å². The summed E-state index contributed by atoms with van der Waals surface area (Å²) in [4.78, 5) is 15.8. The summed E-state index contributed by atoms with van der Waals surface area (Å²) < 4.78 is 0. The van der Waals surface area contributed by atoms with E-state index in [-0.39, 0.29) is 24.6 Å². The first-order valence-corrected chi connectivity index (χ1v) is 5.36. The van der Waals surface area contributed by atoms with Crippen LogP contribution < -0.4 is 0 Å². The highest BCUT2D eigenvalue weighted by atomic mass is 16.3. The molecule has 0 saturated heterocycles. The normalized spacial score (nSPS) is 10.7. The summed E-state index contributed by atoms with van der Waals surface area (Å²) in [5, 5.41) is 19.9. The smallest absolute Gasteiger partial charge is 0.184 e. The second-order valence-corrected chi connectivity index (χ2v) is 3.92. The zero-order valence-electron chi connectivity index (χ0n) is 9.47. The number of phenolic OH excluding ortho intramolecular Hbond substituents is 1. The Balaban J connectivity index is 2.64. The SMILES string of the molecule is Cc1cc2ccnc(C(=O)CCO)c2cc1O. The lowest BCUT2D eigenvalue weighted by Crippen LogP contribution is -2.05. The van der Waals surface area contributed by atoms with Gasteiger partial charge in [-0.1, -0.05) is 0 Å². The van der Waals surface area contributed by atoms with Crippen LogP contribution in [0.5, 0.6) is 5.75 Å². The molecule has 0 aliphatic heterocycles. The Hall–Kier alpha value is -1.94. The molecule has 0 amide bonds. The molecule has 2 N–H and O–H groups in total. The van der Waals surface area contributed by atoms with Crippen LogP contribution in [0.2, 0.25) is 0 Å². The van der Waals surface area contributed by atoms with Crippen LogP contribution in [-0.4, -0.2) is 27.6 Å². The number of fused-ring (bicyclic) bond motifs is 1. The maximum atomic E-state index is 11.8. The first-order valence-electron chi connectivity index (χ1n) is 5.36. The van der Waals surface area contributed by atoms with E-state index in [1.165, 1.54) is 0 Å². The van der Waals surface area contributed by atoms with Crippen LogP contribution in [-0.2, 0) is 0 Å². The van der Waals surface area contributed by atoms with Gasteiger partial charge in [0.1, 0.15) is 11.4 Å². The number of aliphatic hydroxyl groups excluding tert-OH is 1. The molecule has 0 atom stereocenters. The fourth-order valence-electron chi connectivity index (χ4n) is 1.77. The molecule has 88 valence electrons. The van der Waals surface area contributed by atoms with E-state index in [1.807, 2.05) is 6.07 Å². The number of phenols is 1. The first kappa shape index (κ1) is 11.5. The number of hydrogen-bond acceptors (Lipinski definition) is 4. The number of aromatic hydroxyl groups is 1. The summed E-state index contributed by atoms with van der Waals surface area (Å²) in [6.07, 6.45) is 1.60. The number of Topliss-reactive ketones (excluding diaryl/α,β-unsaturated/α-hetero) is 1. The van der Waals surface area contributed by atoms with Gasteiger partial charge >= 0.3 is 0 Å². The first-order chi connectivity index (χ1) is 8.13. The number of hydrogen-bond donors (Lipinski definition) is 2. The standard InChI is InChI=1S/C13H13NO3/c1-8-6-9-2-4-14-13(11(16)3-5-15)10(9)7-12(8)17/h2,4,6-7,15,17H,3,5H2,1H3. The molecule has 0 fully saturated rings. The highest BCUT2D eigenvalue weighted by molar-refractivity contribution is 6.06. The molecule has 4 heteroatoms. The summed E-state index contributed by atoms with van der Waals surface area (Å²) in [7, 11) is 0. The van der Waals surface area contributed by atoms with Crippen molar-refractivity contribution in [2.45, 2.75) is 13.3 Å². The molecule has 0 aliphatic rings. The molecule has 1 aromatic heterocycles. The van der Waals surface area contributed by atoms with Crippen molar-refractivity contribution in [3.05, 3.63) is 35.7 Å². The van der Waals surface area contributed by atoms with Gasteiger partial charge in [-0.25, -0.2) is 0 Å². The third-order valence-electron chi connectivity index (χ3n) is 2.68. The quantitative estimate of drug-likeness (QED) is 0.790. The number of carbonyl (C=O) groups is 1. The van der Waals surface area contributed by atoms with Gasteiger partial charge in [-0.3, -0.25) is 9.78 Å². The molecule has 2 aromatic rings. The van der Waals surface area contributed by atoms with Crippen LogP contribution in [0.25, 0.3) is 10.8 Å². The average molecular weight is 231 g/mol. The Bertz CT molecular complexity index is 578. The van der Waals surface area contributed by atoms with E-state index in [0.29, 0.717) is 11.1 Å². The minimum Gasteiger partial charge on any atom is -0.508 e. The van der Waals surface area contributed by atoms with E-state index in [0.717, 1.165) is 10.9 Å². The fourth-order valence-corrected chi connectivity index (χ4v) is 1.77. The molecule has 1 aromatic carbocycles. The monoisotopic (exact) mass is 231 g/mol. The molecule has 2 rings (SSSR count). The van der Waals surface area contributed by atoms with Crippen LogP contribution in [0.15, 0.2) is 24.4 Å². The number of aryl methyl sites for hydroxylation is 1. The molecule has 0 saturated carbocycles. The van der Waals surface area contributed by atoms with Gasteiger partial charge in [0.15, 0.2) is 5.78 Å². The Morgan fingerprint density at radius 1 is 1.41 bits per heavy atom. The second-order valence-electron chi connectivity index (χ2n) is 3.92. The maximum absolute atomic E-state index is 11.8. The lowest BCUT2D eigenvalue weighted by Gasteiger charge is -2.06. The van der Waals surface area contributed by atoms with E-state index in [2.05, 4.69) is 4.98 Å². The number of pyridine rings is 1. The summed E-state index contributed by atoms with van der Waals surface area (Å²) >= 11 is 0. The van der Waals surface area contributed by atoms with Gasteiger partial charge < -0.3 is 10.2 Å². The number of nitrogens with zero attached hydrogens (tertiary/aromatic N) is 1. The summed E-state index contributed by atoms with van der Waals surface area (Å²) in [6.45, 7) is 1.60. The molecule has 4 nitrogen and oxygen atoms in total. The third kappa shape index (κ3) is 2.12. The van der Waals surface area contributed by atoms with Crippen LogP contribution in [0.4, 0.5) is 0 Å². The topological polar surface area (TPSA) is 70.4 Å². The molecule has 0 unspecified atom stereocenters. The summed E-state index contributed by atoms with van der Waals surface area (Å²) in [6, 6.07) is 5.14. The Kier molecular flexibility index (Phi) is 3.06. The molecule has 0 bridgehead atoms. The van der Waals surface area contributed by atoms with Crippen LogP contribution in [0.3, 0.4) is 0 Å². The fraction of sp³-hybridized carbons (Fsp3) is 0.231. The van der Waals surface area contributed by atoms with Gasteiger partial charge in [-0.2, -0.15) is 0 Å². The zero-order valence-corrected chi connectivity index (χ0v) is 9.47. The van der Waals surface area contributed by atoms with Gasteiger partial charge in [-0.15, -0.1) is 0 Å². The maximum Gasteiger partial charge on any atom is 0.184 e. The highest BCUT2D eigenvalue weighted by Gasteiger charge is 2.12. The number of aromatic nitrogens is 1. The van der Waals surface area contributed by atoms with Gasteiger partial charge in [-0.05, 0) is 36.1 Å². The molecule has 0 aliphatic carbocycles. The number of rotatable bonds is 3.